The maximum absolute atomic E-state index is 13.7. The van der Waals surface area contributed by atoms with Gasteiger partial charge in [-0.2, -0.15) is 0 Å². The van der Waals surface area contributed by atoms with E-state index in [0.29, 0.717) is 21.8 Å². The monoisotopic (exact) mass is 344 g/mol. The first-order valence-electron chi connectivity index (χ1n) is 7.79. The number of aliphatic hydroxyl groups is 1. The molecule has 0 spiro atoms. The van der Waals surface area contributed by atoms with E-state index in [9.17, 15) is 13.9 Å². The number of aliphatic hydroxyl groups excluding tert-OH is 1. The van der Waals surface area contributed by atoms with Crippen molar-refractivity contribution in [1.82, 2.24) is 4.57 Å². The predicted molar refractivity (Wildman–Crippen MR) is 88.2 cm³/mol. The van der Waals surface area contributed by atoms with Crippen LogP contribution in [0.1, 0.15) is 6.04 Å². The van der Waals surface area contributed by atoms with E-state index in [4.69, 9.17) is 10.3 Å². The van der Waals surface area contributed by atoms with E-state index in [1.807, 2.05) is 0 Å². The fourth-order valence-electron chi connectivity index (χ4n) is 3.51. The van der Waals surface area contributed by atoms with Gasteiger partial charge in [-0.05, 0) is 41.9 Å². The van der Waals surface area contributed by atoms with Crippen LogP contribution >= 0.6 is 0 Å². The molecule has 3 atom stereocenters. The van der Waals surface area contributed by atoms with Crippen LogP contribution in [-0.4, -0.2) is 35.0 Å². The Morgan fingerprint density at radius 3 is 2.24 bits per heavy atom. The van der Waals surface area contributed by atoms with Gasteiger partial charge in [0.25, 0.3) is 0 Å². The van der Waals surface area contributed by atoms with Gasteiger partial charge in [0.2, 0.25) is 0 Å². The molecule has 8 heteroatoms. The summed E-state index contributed by atoms with van der Waals surface area (Å²) in [6.07, 6.45) is -0.974. The third-order valence-corrected chi connectivity index (χ3v) is 4.62. The SMILES string of the molecule is [N-]=[N+]=NC1COCC(n2c3ccc(F)cc3c3cc(F)ccc32)C1O. The minimum Gasteiger partial charge on any atom is -0.390 e. The first-order chi connectivity index (χ1) is 12.1. The highest BCUT2D eigenvalue weighted by Crippen LogP contribution is 2.36. The van der Waals surface area contributed by atoms with Crippen LogP contribution in [0.25, 0.3) is 32.2 Å². The third-order valence-electron chi connectivity index (χ3n) is 4.62. The van der Waals surface area contributed by atoms with Crippen LogP contribution in [0.4, 0.5) is 8.78 Å². The van der Waals surface area contributed by atoms with Gasteiger partial charge in [-0.25, -0.2) is 8.78 Å². The summed E-state index contributed by atoms with van der Waals surface area (Å²) in [7, 11) is 0. The van der Waals surface area contributed by atoms with Crippen LogP contribution in [0, 0.1) is 11.6 Å². The maximum atomic E-state index is 13.7. The Morgan fingerprint density at radius 1 is 1.08 bits per heavy atom. The average Bonchev–Trinajstić information content (AvgIpc) is 2.90. The number of azide groups is 1. The minimum absolute atomic E-state index is 0.127. The molecule has 1 fully saturated rings. The summed E-state index contributed by atoms with van der Waals surface area (Å²) >= 11 is 0. The molecule has 0 aliphatic carbocycles. The number of benzene rings is 2. The molecule has 2 aromatic carbocycles. The Labute approximate surface area is 140 Å². The highest BCUT2D eigenvalue weighted by Gasteiger charge is 2.35. The van der Waals surface area contributed by atoms with E-state index < -0.39 is 29.8 Å². The quantitative estimate of drug-likeness (QED) is 0.437. The zero-order valence-corrected chi connectivity index (χ0v) is 13.0. The summed E-state index contributed by atoms with van der Waals surface area (Å²) in [5, 5.41) is 15.3. The van der Waals surface area contributed by atoms with Gasteiger partial charge in [-0.1, -0.05) is 5.11 Å². The molecule has 1 aliphatic rings. The molecule has 0 amide bonds. The van der Waals surface area contributed by atoms with Gasteiger partial charge in [-0.15, -0.1) is 0 Å². The van der Waals surface area contributed by atoms with Crippen LogP contribution in [-0.2, 0) is 4.74 Å². The number of aromatic nitrogens is 1. The zero-order valence-electron chi connectivity index (χ0n) is 13.0. The first kappa shape index (κ1) is 15.8. The van der Waals surface area contributed by atoms with Crippen molar-refractivity contribution >= 4 is 21.8 Å². The molecule has 1 aliphatic heterocycles. The molecule has 1 aromatic heterocycles. The zero-order chi connectivity index (χ0) is 17.6. The summed E-state index contributed by atoms with van der Waals surface area (Å²) < 4.78 is 34.7. The van der Waals surface area contributed by atoms with Gasteiger partial charge in [-0.3, -0.25) is 0 Å². The predicted octanol–water partition coefficient (Wildman–Crippen LogP) is 3.68. The van der Waals surface area contributed by atoms with E-state index in [1.54, 1.807) is 16.7 Å². The molecule has 1 saturated heterocycles. The van der Waals surface area contributed by atoms with Crippen molar-refractivity contribution in [3.05, 3.63) is 58.5 Å². The fraction of sp³-hybridized carbons (Fsp3) is 0.294. The van der Waals surface area contributed by atoms with E-state index in [0.717, 1.165) is 0 Å². The normalized spacial score (nSPS) is 23.7. The van der Waals surface area contributed by atoms with E-state index in [-0.39, 0.29) is 13.2 Å². The summed E-state index contributed by atoms with van der Waals surface area (Å²) in [4.78, 5) is 2.75. The van der Waals surface area contributed by atoms with Crippen LogP contribution in [0.3, 0.4) is 0 Å². The topological polar surface area (TPSA) is 83.2 Å². The second-order valence-electron chi connectivity index (χ2n) is 6.06. The number of fused-ring (bicyclic) bond motifs is 3. The molecule has 25 heavy (non-hydrogen) atoms. The molecule has 2 heterocycles. The molecule has 3 aromatic rings. The lowest BCUT2D eigenvalue weighted by Crippen LogP contribution is -2.43. The second kappa shape index (κ2) is 6.00. The molecule has 128 valence electrons. The first-order valence-corrected chi connectivity index (χ1v) is 7.79. The van der Waals surface area contributed by atoms with Gasteiger partial charge >= 0.3 is 0 Å². The Kier molecular flexibility index (Phi) is 3.80. The van der Waals surface area contributed by atoms with Crippen LogP contribution in [0.5, 0.6) is 0 Å². The van der Waals surface area contributed by atoms with Crippen molar-refractivity contribution in [2.75, 3.05) is 13.2 Å². The summed E-state index contributed by atoms with van der Waals surface area (Å²) in [5.41, 5.74) is 9.96. The van der Waals surface area contributed by atoms with Crippen molar-refractivity contribution in [2.45, 2.75) is 18.2 Å². The Morgan fingerprint density at radius 2 is 1.68 bits per heavy atom. The number of nitrogens with zero attached hydrogens (tertiary/aromatic N) is 4. The van der Waals surface area contributed by atoms with Crippen molar-refractivity contribution in [3.63, 3.8) is 0 Å². The lowest BCUT2D eigenvalue weighted by molar-refractivity contribution is -0.0413. The van der Waals surface area contributed by atoms with E-state index in [2.05, 4.69) is 10.0 Å². The van der Waals surface area contributed by atoms with Crippen LogP contribution in [0.15, 0.2) is 41.5 Å². The Hall–Kier alpha value is -2.67. The smallest absolute Gasteiger partial charge is 0.123 e. The number of halogens is 2. The number of hydrogen-bond acceptors (Lipinski definition) is 3. The standard InChI is InChI=1S/C17H14F2N4O2/c18-9-1-3-14-11(5-9)12-6-10(19)2-4-15(12)23(14)16-8-25-7-13(17(16)24)21-22-20/h1-6,13,16-17,24H,7-8H2. The lowest BCUT2D eigenvalue weighted by atomic mass is 10.0. The third kappa shape index (κ3) is 2.51. The number of hydrogen-bond donors (Lipinski definition) is 1. The molecule has 0 radical (unpaired) electrons. The molecule has 0 saturated carbocycles. The van der Waals surface area contributed by atoms with Crippen molar-refractivity contribution in [3.8, 4) is 0 Å². The second-order valence-corrected chi connectivity index (χ2v) is 6.06. The molecular formula is C17H14F2N4O2. The van der Waals surface area contributed by atoms with E-state index >= 15 is 0 Å². The molecule has 1 N–H and O–H groups in total. The Balaban J connectivity index is 1.98. The largest absolute Gasteiger partial charge is 0.390 e. The Bertz CT molecular complexity index is 953. The molecule has 6 nitrogen and oxygen atoms in total. The summed E-state index contributed by atoms with van der Waals surface area (Å²) in [5.74, 6) is -0.855. The van der Waals surface area contributed by atoms with Crippen molar-refractivity contribution in [2.24, 2.45) is 5.11 Å². The average molecular weight is 344 g/mol. The van der Waals surface area contributed by atoms with Gasteiger partial charge < -0.3 is 14.4 Å². The van der Waals surface area contributed by atoms with Crippen molar-refractivity contribution in [1.29, 1.82) is 0 Å². The van der Waals surface area contributed by atoms with Gasteiger partial charge in [0.15, 0.2) is 0 Å². The summed E-state index contributed by atoms with van der Waals surface area (Å²) in [6.45, 7) is 0.328. The molecule has 4 rings (SSSR count). The van der Waals surface area contributed by atoms with Gasteiger partial charge in [0.05, 0.1) is 31.4 Å². The molecular weight excluding hydrogens is 330 g/mol. The highest BCUT2D eigenvalue weighted by atomic mass is 19.1. The molecule has 0 bridgehead atoms. The highest BCUT2D eigenvalue weighted by molar-refractivity contribution is 6.08. The fourth-order valence-corrected chi connectivity index (χ4v) is 3.51. The van der Waals surface area contributed by atoms with Gasteiger partial charge in [0.1, 0.15) is 11.6 Å². The lowest BCUT2D eigenvalue weighted by Gasteiger charge is -2.34. The maximum Gasteiger partial charge on any atom is 0.123 e. The van der Waals surface area contributed by atoms with Gasteiger partial charge in [0, 0.05) is 26.7 Å². The minimum atomic E-state index is -0.974. The molecule has 3 unspecified atom stereocenters. The van der Waals surface area contributed by atoms with Crippen LogP contribution < -0.4 is 0 Å². The number of rotatable bonds is 2. The summed E-state index contributed by atoms with van der Waals surface area (Å²) in [6, 6.07) is 7.23. The number of ether oxygens (including phenoxy) is 1. The van der Waals surface area contributed by atoms with Crippen molar-refractivity contribution < 1.29 is 18.6 Å². The van der Waals surface area contributed by atoms with E-state index in [1.165, 1.54) is 24.3 Å². The van der Waals surface area contributed by atoms with Crippen LogP contribution in [0.2, 0.25) is 0 Å².